The lowest BCUT2D eigenvalue weighted by molar-refractivity contribution is -0.181. The number of alkyl carbamates (subject to hydrolysis) is 1. The molecule has 12 nitrogen and oxygen atoms in total. The number of cyclic esters (lactones) is 1. The normalized spacial score (nSPS) is 17.5. The Morgan fingerprint density at radius 3 is 2.37 bits per heavy atom. The molecule has 0 bridgehead atoms. The van der Waals surface area contributed by atoms with Gasteiger partial charge in [0.25, 0.3) is 5.91 Å². The number of amides is 4. The summed E-state index contributed by atoms with van der Waals surface area (Å²) >= 11 is 0. The molecule has 0 aliphatic carbocycles. The summed E-state index contributed by atoms with van der Waals surface area (Å²) in [5.41, 5.74) is -1.24. The van der Waals surface area contributed by atoms with Crippen LogP contribution in [0, 0.1) is 11.6 Å². The molecule has 16 heteroatoms. The molecule has 1 aromatic rings. The van der Waals surface area contributed by atoms with Crippen LogP contribution in [0.15, 0.2) is 12.1 Å². The molecule has 1 atom stereocenters. The van der Waals surface area contributed by atoms with Gasteiger partial charge in [0.2, 0.25) is 5.91 Å². The van der Waals surface area contributed by atoms with Gasteiger partial charge < -0.3 is 25.0 Å². The van der Waals surface area contributed by atoms with Gasteiger partial charge in [-0.15, -0.1) is 0 Å². The number of carbonyl (C=O) groups is 4. The molecule has 0 unspecified atom stereocenters. The van der Waals surface area contributed by atoms with E-state index in [1.54, 1.807) is 20.8 Å². The predicted octanol–water partition coefficient (Wildman–Crippen LogP) is 2.80. The van der Waals surface area contributed by atoms with Crippen molar-refractivity contribution in [1.82, 2.24) is 15.7 Å². The van der Waals surface area contributed by atoms with Crippen LogP contribution in [-0.2, 0) is 23.9 Å². The van der Waals surface area contributed by atoms with Crippen LogP contribution in [-0.4, -0.2) is 93.1 Å². The van der Waals surface area contributed by atoms with Gasteiger partial charge in [0.1, 0.15) is 17.4 Å². The topological polar surface area (TPSA) is 130 Å². The molecule has 3 rings (SSSR count). The van der Waals surface area contributed by atoms with Crippen molar-refractivity contribution < 1.29 is 51.1 Å². The molecule has 2 aliphatic rings. The van der Waals surface area contributed by atoms with Gasteiger partial charge in [-0.1, -0.05) is 7.43 Å². The Labute approximate surface area is 234 Å². The zero-order chi connectivity index (χ0) is 29.6. The quantitative estimate of drug-likeness (QED) is 0.441. The molecule has 0 radical (unpaired) electrons. The largest absolute Gasteiger partial charge is 0.444 e. The Bertz CT molecular complexity index is 1100. The molecule has 1 aromatic carbocycles. The number of benzene rings is 1. The summed E-state index contributed by atoms with van der Waals surface area (Å²) in [5.74, 6) is -3.95. The third-order valence-electron chi connectivity index (χ3n) is 5.67. The van der Waals surface area contributed by atoms with E-state index in [1.807, 2.05) is 5.32 Å². The fraction of sp³-hybridized carbons (Fsp3) is 0.600. The van der Waals surface area contributed by atoms with Crippen LogP contribution in [0.4, 0.5) is 38.5 Å². The van der Waals surface area contributed by atoms with Crippen molar-refractivity contribution >= 4 is 35.4 Å². The van der Waals surface area contributed by atoms with Gasteiger partial charge in [-0.2, -0.15) is 8.78 Å². The van der Waals surface area contributed by atoms with E-state index in [0.717, 1.165) is 22.1 Å². The van der Waals surface area contributed by atoms with Crippen LogP contribution < -0.4 is 20.4 Å². The van der Waals surface area contributed by atoms with Crippen LogP contribution in [0.25, 0.3) is 0 Å². The van der Waals surface area contributed by atoms with Crippen molar-refractivity contribution in [2.75, 3.05) is 55.7 Å². The first kappa shape index (κ1) is 33.4. The maximum absolute atomic E-state index is 15.1. The average Bonchev–Trinajstić information content (AvgIpc) is 3.05. The molecule has 2 aliphatic heterocycles. The standard InChI is InChI=1S/C24H31F4N5O7.CH4/c1-24(2,3)40-22(36)29-5-4-18(34)33-7-6-31(8-9-38-33)19-16(25)10-14(11-17(19)26)32-13-15(39-23(32)37)12-30-21(35)20(27)28;/h10-11,15,20H,4-9,12-13H2,1-3H3,(H,29,36)(H,30,35);1H4/t15-;/m0./s1. The van der Waals surface area contributed by atoms with E-state index >= 15 is 8.78 Å². The maximum atomic E-state index is 15.1. The number of nitrogens with zero attached hydrogens (tertiary/aromatic N) is 3. The number of hydrogen-bond acceptors (Lipinski definition) is 8. The maximum Gasteiger partial charge on any atom is 0.414 e. The summed E-state index contributed by atoms with van der Waals surface area (Å²) in [7, 11) is 0. The number of nitrogens with one attached hydrogen (secondary N) is 2. The molecule has 2 N–H and O–H groups in total. The predicted molar refractivity (Wildman–Crippen MR) is 138 cm³/mol. The van der Waals surface area contributed by atoms with Crippen LogP contribution in [0.1, 0.15) is 34.6 Å². The monoisotopic (exact) mass is 593 g/mol. The number of halogens is 4. The highest BCUT2D eigenvalue weighted by Crippen LogP contribution is 2.31. The van der Waals surface area contributed by atoms with Gasteiger partial charge in [0, 0.05) is 38.2 Å². The Morgan fingerprint density at radius 1 is 1.10 bits per heavy atom. The second-order valence-corrected chi connectivity index (χ2v) is 9.92. The highest BCUT2D eigenvalue weighted by Gasteiger charge is 2.34. The number of carbonyl (C=O) groups excluding carboxylic acids is 4. The lowest BCUT2D eigenvalue weighted by Gasteiger charge is -2.24. The molecule has 0 aromatic heterocycles. The summed E-state index contributed by atoms with van der Waals surface area (Å²) in [6.45, 7) is 4.48. The lowest BCUT2D eigenvalue weighted by Crippen LogP contribution is -2.38. The second kappa shape index (κ2) is 14.2. The van der Waals surface area contributed by atoms with Crippen LogP contribution >= 0.6 is 0 Å². The number of alkyl halides is 2. The van der Waals surface area contributed by atoms with E-state index < -0.39 is 60.3 Å². The summed E-state index contributed by atoms with van der Waals surface area (Å²) in [6.07, 6.45) is -5.95. The van der Waals surface area contributed by atoms with E-state index in [4.69, 9.17) is 14.3 Å². The molecule has 41 heavy (non-hydrogen) atoms. The fourth-order valence-electron chi connectivity index (χ4n) is 3.92. The second-order valence-electron chi connectivity index (χ2n) is 9.92. The Hall–Kier alpha value is -3.82. The molecule has 230 valence electrons. The zero-order valence-electron chi connectivity index (χ0n) is 22.2. The summed E-state index contributed by atoms with van der Waals surface area (Å²) in [5, 5.41) is 5.45. The van der Waals surface area contributed by atoms with Crippen molar-refractivity contribution in [3.05, 3.63) is 23.8 Å². The Kier molecular flexibility index (Phi) is 11.6. The third-order valence-corrected chi connectivity index (χ3v) is 5.67. The zero-order valence-corrected chi connectivity index (χ0v) is 22.2. The Balaban J connectivity index is 0.00000588. The summed E-state index contributed by atoms with van der Waals surface area (Å²) in [6, 6.07) is 1.85. The highest BCUT2D eigenvalue weighted by atomic mass is 19.3. The van der Waals surface area contributed by atoms with Crippen molar-refractivity contribution in [2.45, 2.75) is 52.7 Å². The van der Waals surface area contributed by atoms with Crippen molar-refractivity contribution in [3.63, 3.8) is 0 Å². The minimum Gasteiger partial charge on any atom is -0.444 e. The number of anilines is 2. The van der Waals surface area contributed by atoms with Gasteiger partial charge >= 0.3 is 18.6 Å². The number of ether oxygens (including phenoxy) is 2. The number of hydroxylamine groups is 2. The Morgan fingerprint density at radius 2 is 1.76 bits per heavy atom. The minimum absolute atomic E-state index is 0. The third kappa shape index (κ3) is 9.37. The smallest absolute Gasteiger partial charge is 0.414 e. The minimum atomic E-state index is -3.24. The van der Waals surface area contributed by atoms with Gasteiger partial charge in [-0.3, -0.25) is 19.3 Å². The molecular formula is C25H35F4N5O7. The van der Waals surface area contributed by atoms with E-state index in [1.165, 1.54) is 4.90 Å². The molecule has 4 amide bonds. The van der Waals surface area contributed by atoms with Crippen LogP contribution in [0.3, 0.4) is 0 Å². The summed E-state index contributed by atoms with van der Waals surface area (Å²) in [4.78, 5) is 55.1. The average molecular weight is 594 g/mol. The number of rotatable bonds is 8. The van der Waals surface area contributed by atoms with E-state index in [0.29, 0.717) is 0 Å². The fourth-order valence-corrected chi connectivity index (χ4v) is 3.92. The van der Waals surface area contributed by atoms with Crippen molar-refractivity contribution in [2.24, 2.45) is 0 Å². The van der Waals surface area contributed by atoms with Gasteiger partial charge in [0.05, 0.1) is 31.9 Å². The van der Waals surface area contributed by atoms with E-state index in [-0.39, 0.29) is 64.6 Å². The lowest BCUT2D eigenvalue weighted by atomic mass is 10.2. The number of hydrogen-bond donors (Lipinski definition) is 2. The molecule has 2 heterocycles. The SMILES string of the molecule is C.CC(C)(C)OC(=O)NCCC(=O)N1CCN(c2c(F)cc(N3C[C@H](CNC(=O)C(F)F)OC3=O)cc2F)CCO1. The van der Waals surface area contributed by atoms with E-state index in [9.17, 15) is 28.0 Å². The van der Waals surface area contributed by atoms with Gasteiger partial charge in [0.15, 0.2) is 11.6 Å². The molecule has 0 saturated carbocycles. The van der Waals surface area contributed by atoms with Crippen molar-refractivity contribution in [3.8, 4) is 0 Å². The highest BCUT2D eigenvalue weighted by molar-refractivity contribution is 5.90. The van der Waals surface area contributed by atoms with E-state index in [2.05, 4.69) is 5.32 Å². The van der Waals surface area contributed by atoms with Gasteiger partial charge in [-0.25, -0.2) is 23.4 Å². The van der Waals surface area contributed by atoms with Crippen LogP contribution in [0.5, 0.6) is 0 Å². The summed E-state index contributed by atoms with van der Waals surface area (Å²) < 4.78 is 65.0. The molecule has 2 fully saturated rings. The first-order valence-electron chi connectivity index (χ1n) is 12.4. The molecule has 0 spiro atoms. The van der Waals surface area contributed by atoms with Crippen LogP contribution in [0.2, 0.25) is 0 Å². The molecule has 2 saturated heterocycles. The first-order chi connectivity index (χ1) is 18.7. The van der Waals surface area contributed by atoms with Crippen molar-refractivity contribution in [1.29, 1.82) is 0 Å². The first-order valence-corrected chi connectivity index (χ1v) is 12.4. The molecular weight excluding hydrogens is 558 g/mol. The van der Waals surface area contributed by atoms with Gasteiger partial charge in [-0.05, 0) is 20.8 Å².